The Balaban J connectivity index is 2.54. The maximum atomic E-state index is 9.20. The van der Waals surface area contributed by atoms with Crippen molar-refractivity contribution < 1.29 is 14.2 Å². The molecule has 90 valence electrons. The molecule has 1 aliphatic rings. The summed E-state index contributed by atoms with van der Waals surface area (Å²) in [7, 11) is 4.72. The van der Waals surface area contributed by atoms with E-state index in [0.29, 0.717) is 17.2 Å². The highest BCUT2D eigenvalue weighted by Gasteiger charge is 2.45. The third kappa shape index (κ3) is 1.78. The molecule has 4 heteroatoms. The number of rotatable bonds is 4. The molecule has 1 fully saturated rings. The molecule has 1 aliphatic carbocycles. The van der Waals surface area contributed by atoms with Gasteiger partial charge in [0.15, 0.2) is 11.5 Å². The minimum absolute atomic E-state index is 0.354. The van der Waals surface area contributed by atoms with Crippen LogP contribution in [0.15, 0.2) is 12.1 Å². The molecule has 0 spiro atoms. The van der Waals surface area contributed by atoms with E-state index in [1.54, 1.807) is 21.3 Å². The lowest BCUT2D eigenvalue weighted by Crippen LogP contribution is -2.05. The number of ether oxygens (including phenoxy) is 3. The normalized spacial score (nSPS) is 15.9. The van der Waals surface area contributed by atoms with Crippen LogP contribution >= 0.6 is 0 Å². The van der Waals surface area contributed by atoms with Crippen LogP contribution in [0, 0.1) is 11.3 Å². The second-order valence-corrected chi connectivity index (χ2v) is 4.11. The molecule has 0 unspecified atom stereocenters. The first kappa shape index (κ1) is 11.6. The second kappa shape index (κ2) is 4.17. The molecule has 2 rings (SSSR count). The Morgan fingerprint density at radius 3 is 1.88 bits per heavy atom. The van der Waals surface area contributed by atoms with Crippen molar-refractivity contribution >= 4 is 0 Å². The lowest BCUT2D eigenvalue weighted by molar-refractivity contribution is 0.323. The van der Waals surface area contributed by atoms with Gasteiger partial charge in [-0.3, -0.25) is 0 Å². The van der Waals surface area contributed by atoms with E-state index in [4.69, 9.17) is 14.2 Å². The molecule has 0 heterocycles. The first-order valence-corrected chi connectivity index (χ1v) is 5.42. The molecule has 1 saturated carbocycles. The Bertz CT molecular complexity index is 447. The van der Waals surface area contributed by atoms with Gasteiger partial charge in [0.2, 0.25) is 5.75 Å². The monoisotopic (exact) mass is 233 g/mol. The SMILES string of the molecule is COc1cc(C2(C#N)CC2)cc(OC)c1OC. The van der Waals surface area contributed by atoms with Crippen molar-refractivity contribution in [2.24, 2.45) is 0 Å². The van der Waals surface area contributed by atoms with Gasteiger partial charge in [-0.15, -0.1) is 0 Å². The van der Waals surface area contributed by atoms with E-state index in [2.05, 4.69) is 6.07 Å². The largest absolute Gasteiger partial charge is 0.493 e. The van der Waals surface area contributed by atoms with E-state index in [1.165, 1.54) is 0 Å². The molecule has 0 atom stereocenters. The number of benzene rings is 1. The quantitative estimate of drug-likeness (QED) is 0.800. The van der Waals surface area contributed by atoms with Crippen LogP contribution in [0.1, 0.15) is 18.4 Å². The van der Waals surface area contributed by atoms with Gasteiger partial charge < -0.3 is 14.2 Å². The Kier molecular flexibility index (Phi) is 2.84. The molecule has 0 aliphatic heterocycles. The predicted molar refractivity (Wildman–Crippen MR) is 62.6 cm³/mol. The van der Waals surface area contributed by atoms with Crippen molar-refractivity contribution in [2.45, 2.75) is 18.3 Å². The van der Waals surface area contributed by atoms with Crippen molar-refractivity contribution in [3.8, 4) is 23.3 Å². The third-order valence-electron chi connectivity index (χ3n) is 3.18. The summed E-state index contributed by atoms with van der Waals surface area (Å²) in [6, 6.07) is 6.07. The van der Waals surface area contributed by atoms with Crippen LogP contribution in [0.25, 0.3) is 0 Å². The van der Waals surface area contributed by atoms with Gasteiger partial charge in [0, 0.05) is 0 Å². The lowest BCUT2D eigenvalue weighted by atomic mass is 9.97. The second-order valence-electron chi connectivity index (χ2n) is 4.11. The van der Waals surface area contributed by atoms with E-state index in [1.807, 2.05) is 12.1 Å². The van der Waals surface area contributed by atoms with Crippen LogP contribution in [-0.2, 0) is 5.41 Å². The molecule has 4 nitrogen and oxygen atoms in total. The number of nitriles is 1. The summed E-state index contributed by atoms with van der Waals surface area (Å²) >= 11 is 0. The standard InChI is InChI=1S/C13H15NO3/c1-15-10-6-9(13(8-14)4-5-13)7-11(16-2)12(10)17-3/h6-7H,4-5H2,1-3H3. The smallest absolute Gasteiger partial charge is 0.203 e. The zero-order valence-electron chi connectivity index (χ0n) is 10.2. The fourth-order valence-electron chi connectivity index (χ4n) is 1.95. The summed E-state index contributed by atoms with van der Waals surface area (Å²) in [6.07, 6.45) is 1.78. The van der Waals surface area contributed by atoms with Gasteiger partial charge in [0.25, 0.3) is 0 Å². The molecule has 0 amide bonds. The molecular formula is C13H15NO3. The van der Waals surface area contributed by atoms with Gasteiger partial charge in [0.05, 0.1) is 32.8 Å². The zero-order valence-corrected chi connectivity index (χ0v) is 10.2. The van der Waals surface area contributed by atoms with Crippen molar-refractivity contribution in [3.05, 3.63) is 17.7 Å². The Hall–Kier alpha value is -1.89. The van der Waals surface area contributed by atoms with Crippen LogP contribution in [0.2, 0.25) is 0 Å². The minimum Gasteiger partial charge on any atom is -0.493 e. The fraction of sp³-hybridized carbons (Fsp3) is 0.462. The van der Waals surface area contributed by atoms with Crippen LogP contribution < -0.4 is 14.2 Å². The minimum atomic E-state index is -0.354. The van der Waals surface area contributed by atoms with Crippen molar-refractivity contribution in [3.63, 3.8) is 0 Å². The van der Waals surface area contributed by atoms with Gasteiger partial charge in [-0.05, 0) is 30.5 Å². The molecule has 17 heavy (non-hydrogen) atoms. The van der Waals surface area contributed by atoms with Gasteiger partial charge in [-0.1, -0.05) is 0 Å². The average molecular weight is 233 g/mol. The number of nitrogens with zero attached hydrogens (tertiary/aromatic N) is 1. The van der Waals surface area contributed by atoms with E-state index >= 15 is 0 Å². The third-order valence-corrected chi connectivity index (χ3v) is 3.18. The van der Waals surface area contributed by atoms with Crippen LogP contribution in [0.4, 0.5) is 0 Å². The molecule has 0 aromatic heterocycles. The highest BCUT2D eigenvalue weighted by atomic mass is 16.5. The zero-order chi connectivity index (χ0) is 12.5. The number of hydrogen-bond acceptors (Lipinski definition) is 4. The summed E-state index contributed by atoms with van der Waals surface area (Å²) in [5.74, 6) is 1.76. The highest BCUT2D eigenvalue weighted by Crippen LogP contribution is 2.51. The van der Waals surface area contributed by atoms with Crippen LogP contribution in [0.5, 0.6) is 17.2 Å². The van der Waals surface area contributed by atoms with Crippen molar-refractivity contribution in [2.75, 3.05) is 21.3 Å². The van der Waals surface area contributed by atoms with Crippen LogP contribution in [-0.4, -0.2) is 21.3 Å². The molecule has 0 bridgehead atoms. The molecule has 1 aromatic carbocycles. The van der Waals surface area contributed by atoms with Gasteiger partial charge in [0.1, 0.15) is 0 Å². The van der Waals surface area contributed by atoms with Crippen molar-refractivity contribution in [1.29, 1.82) is 5.26 Å². The molecule has 0 N–H and O–H groups in total. The Labute approximate surface area is 101 Å². The first-order chi connectivity index (χ1) is 8.20. The maximum Gasteiger partial charge on any atom is 0.203 e. The molecule has 1 aromatic rings. The van der Waals surface area contributed by atoms with Gasteiger partial charge in [-0.25, -0.2) is 0 Å². The van der Waals surface area contributed by atoms with Crippen LogP contribution in [0.3, 0.4) is 0 Å². The number of methoxy groups -OCH3 is 3. The highest BCUT2D eigenvalue weighted by molar-refractivity contribution is 5.57. The summed E-state index contributed by atoms with van der Waals surface area (Å²) in [6.45, 7) is 0. The molecular weight excluding hydrogens is 218 g/mol. The van der Waals surface area contributed by atoms with Gasteiger partial charge in [-0.2, -0.15) is 5.26 Å². The Morgan fingerprint density at radius 1 is 1.06 bits per heavy atom. The summed E-state index contributed by atoms with van der Waals surface area (Å²) < 4.78 is 15.8. The summed E-state index contributed by atoms with van der Waals surface area (Å²) in [5.41, 5.74) is 0.585. The Morgan fingerprint density at radius 2 is 1.59 bits per heavy atom. The summed E-state index contributed by atoms with van der Waals surface area (Å²) in [4.78, 5) is 0. The van der Waals surface area contributed by atoms with Gasteiger partial charge >= 0.3 is 0 Å². The average Bonchev–Trinajstić information content (AvgIpc) is 3.17. The van der Waals surface area contributed by atoms with E-state index in [-0.39, 0.29) is 5.41 Å². The molecule has 0 radical (unpaired) electrons. The molecule has 0 saturated heterocycles. The topological polar surface area (TPSA) is 51.5 Å². The maximum absolute atomic E-state index is 9.20. The fourth-order valence-corrected chi connectivity index (χ4v) is 1.95. The van der Waals surface area contributed by atoms with E-state index < -0.39 is 0 Å². The van der Waals surface area contributed by atoms with E-state index in [9.17, 15) is 5.26 Å². The lowest BCUT2D eigenvalue weighted by Gasteiger charge is -2.15. The van der Waals surface area contributed by atoms with E-state index in [0.717, 1.165) is 18.4 Å². The number of hydrogen-bond donors (Lipinski definition) is 0. The predicted octanol–water partition coefficient (Wildman–Crippen LogP) is 2.27. The van der Waals surface area contributed by atoms with Crippen molar-refractivity contribution in [1.82, 2.24) is 0 Å². The summed E-state index contributed by atoms with van der Waals surface area (Å²) in [5, 5.41) is 9.20. The first-order valence-electron chi connectivity index (χ1n) is 5.42.